The number of rotatable bonds is 2. The molecular weight excluding hydrogens is 148 g/mol. The van der Waals surface area contributed by atoms with Gasteiger partial charge in [0.15, 0.2) is 0 Å². The number of hydrogen-bond acceptors (Lipinski definition) is 2. The van der Waals surface area contributed by atoms with Crippen molar-refractivity contribution in [3.8, 4) is 0 Å². The quantitative estimate of drug-likeness (QED) is 0.646. The van der Waals surface area contributed by atoms with Crippen LogP contribution in [-0.4, -0.2) is 11.9 Å². The van der Waals surface area contributed by atoms with E-state index in [1.165, 1.54) is 0 Å². The number of para-hydroxylation sites is 1. The summed E-state index contributed by atoms with van der Waals surface area (Å²) in [6.45, 7) is 3.64. The van der Waals surface area contributed by atoms with Crippen molar-refractivity contribution in [2.45, 2.75) is 13.8 Å². The molecule has 1 aromatic rings. The molecule has 1 rings (SSSR count). The topological polar surface area (TPSA) is 36.2 Å². The minimum Gasteiger partial charge on any atom is -0.305 e. The molecule has 0 aliphatic rings. The lowest BCUT2D eigenvalue weighted by atomic mass is 10.1. The predicted molar refractivity (Wildman–Crippen MR) is 52.8 cm³/mol. The van der Waals surface area contributed by atoms with E-state index >= 15 is 0 Å². The fourth-order valence-electron chi connectivity index (χ4n) is 1.04. The third-order valence-corrected chi connectivity index (χ3v) is 1.58. The van der Waals surface area contributed by atoms with Crippen LogP contribution < -0.4 is 0 Å². The van der Waals surface area contributed by atoms with E-state index in [1.807, 2.05) is 31.2 Å². The minimum absolute atomic E-state index is 0.552. The van der Waals surface area contributed by atoms with E-state index in [9.17, 15) is 0 Å². The van der Waals surface area contributed by atoms with Crippen LogP contribution in [0.5, 0.6) is 0 Å². The van der Waals surface area contributed by atoms with Crippen LogP contribution >= 0.6 is 0 Å². The second-order valence-corrected chi connectivity index (χ2v) is 2.53. The lowest BCUT2D eigenvalue weighted by molar-refractivity contribution is 1.42. The summed E-state index contributed by atoms with van der Waals surface area (Å²) in [4.78, 5) is 4.16. The molecule has 2 heteroatoms. The molecule has 0 unspecified atom stereocenters. The summed E-state index contributed by atoms with van der Waals surface area (Å²) in [5.41, 5.74) is 2.32. The van der Waals surface area contributed by atoms with Gasteiger partial charge in [-0.1, -0.05) is 18.2 Å². The zero-order valence-electron chi connectivity index (χ0n) is 7.33. The first kappa shape index (κ1) is 8.65. The summed E-state index contributed by atoms with van der Waals surface area (Å²) in [6, 6.07) is 7.66. The molecule has 0 aliphatic heterocycles. The molecule has 1 aromatic carbocycles. The molecule has 0 fully saturated rings. The Labute approximate surface area is 72.5 Å². The second kappa shape index (κ2) is 3.81. The van der Waals surface area contributed by atoms with Crippen molar-refractivity contribution in [2.24, 2.45) is 4.99 Å². The van der Waals surface area contributed by atoms with Gasteiger partial charge in [-0.3, -0.25) is 4.99 Å². The van der Waals surface area contributed by atoms with Gasteiger partial charge in [-0.25, -0.2) is 0 Å². The molecule has 0 radical (unpaired) electrons. The van der Waals surface area contributed by atoms with Gasteiger partial charge >= 0.3 is 0 Å². The fraction of sp³-hybridized carbons (Fsp3) is 0.200. The van der Waals surface area contributed by atoms with Crippen LogP contribution in [0.2, 0.25) is 0 Å². The highest BCUT2D eigenvalue weighted by molar-refractivity contribution is 6.01. The van der Waals surface area contributed by atoms with Crippen molar-refractivity contribution >= 4 is 17.6 Å². The predicted octanol–water partition coefficient (Wildman–Crippen LogP) is 2.80. The van der Waals surface area contributed by atoms with E-state index in [2.05, 4.69) is 4.99 Å². The first-order chi connectivity index (χ1) is 5.75. The van der Waals surface area contributed by atoms with Crippen LogP contribution in [0, 0.1) is 5.41 Å². The Hall–Kier alpha value is -1.44. The Morgan fingerprint density at radius 1 is 1.42 bits per heavy atom. The summed E-state index contributed by atoms with van der Waals surface area (Å²) in [5, 5.41) is 7.48. The second-order valence-electron chi connectivity index (χ2n) is 2.53. The summed E-state index contributed by atoms with van der Waals surface area (Å²) in [6.07, 6.45) is 1.74. The number of nitrogens with zero attached hydrogens (tertiary/aromatic N) is 1. The number of benzene rings is 1. The van der Waals surface area contributed by atoms with Crippen molar-refractivity contribution in [2.75, 3.05) is 0 Å². The molecule has 0 saturated carbocycles. The van der Waals surface area contributed by atoms with Crippen LogP contribution in [0.1, 0.15) is 19.4 Å². The van der Waals surface area contributed by atoms with Gasteiger partial charge in [0.2, 0.25) is 0 Å². The normalized spacial score (nSPS) is 10.5. The van der Waals surface area contributed by atoms with Gasteiger partial charge in [-0.15, -0.1) is 0 Å². The molecular formula is C10H12N2. The van der Waals surface area contributed by atoms with Gasteiger partial charge in [-0.2, -0.15) is 0 Å². The molecule has 62 valence electrons. The summed E-state index contributed by atoms with van der Waals surface area (Å²) >= 11 is 0. The van der Waals surface area contributed by atoms with Crippen molar-refractivity contribution in [1.82, 2.24) is 0 Å². The van der Waals surface area contributed by atoms with Crippen molar-refractivity contribution in [3.63, 3.8) is 0 Å². The van der Waals surface area contributed by atoms with E-state index in [-0.39, 0.29) is 0 Å². The van der Waals surface area contributed by atoms with Crippen molar-refractivity contribution in [3.05, 3.63) is 29.8 Å². The SMILES string of the molecule is C/C=N\c1ccccc1C(C)=N. The van der Waals surface area contributed by atoms with E-state index in [1.54, 1.807) is 13.1 Å². The Bertz CT molecular complexity index is 313. The number of nitrogens with one attached hydrogen (secondary N) is 1. The van der Waals surface area contributed by atoms with Crippen LogP contribution in [0.3, 0.4) is 0 Å². The molecule has 0 aromatic heterocycles. The molecule has 0 amide bonds. The van der Waals surface area contributed by atoms with Crippen LogP contribution in [0.25, 0.3) is 0 Å². The number of hydrogen-bond donors (Lipinski definition) is 1. The maximum absolute atomic E-state index is 7.48. The Balaban J connectivity index is 3.17. The zero-order chi connectivity index (χ0) is 8.97. The van der Waals surface area contributed by atoms with E-state index in [0.717, 1.165) is 11.3 Å². The third kappa shape index (κ3) is 1.78. The van der Waals surface area contributed by atoms with Gasteiger partial charge in [0.25, 0.3) is 0 Å². The Kier molecular flexibility index (Phi) is 2.75. The lowest BCUT2D eigenvalue weighted by Gasteiger charge is -2.01. The minimum atomic E-state index is 0.552. The first-order valence-corrected chi connectivity index (χ1v) is 3.89. The van der Waals surface area contributed by atoms with Gasteiger partial charge in [0, 0.05) is 17.5 Å². The third-order valence-electron chi connectivity index (χ3n) is 1.58. The highest BCUT2D eigenvalue weighted by Gasteiger charge is 1.99. The molecule has 0 atom stereocenters. The molecule has 0 bridgehead atoms. The highest BCUT2D eigenvalue weighted by Crippen LogP contribution is 2.18. The van der Waals surface area contributed by atoms with E-state index in [0.29, 0.717) is 5.71 Å². The average Bonchev–Trinajstić information content (AvgIpc) is 2.05. The molecule has 1 N–H and O–H groups in total. The zero-order valence-corrected chi connectivity index (χ0v) is 7.33. The Morgan fingerprint density at radius 3 is 2.67 bits per heavy atom. The van der Waals surface area contributed by atoms with Crippen LogP contribution in [0.4, 0.5) is 5.69 Å². The summed E-state index contributed by atoms with van der Waals surface area (Å²) in [5.74, 6) is 0. The van der Waals surface area contributed by atoms with Crippen LogP contribution in [0.15, 0.2) is 29.3 Å². The van der Waals surface area contributed by atoms with Crippen molar-refractivity contribution < 1.29 is 0 Å². The van der Waals surface area contributed by atoms with E-state index < -0.39 is 0 Å². The lowest BCUT2D eigenvalue weighted by Crippen LogP contribution is -1.91. The van der Waals surface area contributed by atoms with Crippen molar-refractivity contribution in [1.29, 1.82) is 5.41 Å². The summed E-state index contributed by atoms with van der Waals surface area (Å²) in [7, 11) is 0. The monoisotopic (exact) mass is 160 g/mol. The van der Waals surface area contributed by atoms with Gasteiger partial charge < -0.3 is 5.41 Å². The molecule has 0 heterocycles. The molecule has 0 aliphatic carbocycles. The molecule has 0 spiro atoms. The van der Waals surface area contributed by atoms with Gasteiger partial charge in [0.1, 0.15) is 0 Å². The van der Waals surface area contributed by atoms with Gasteiger partial charge in [0.05, 0.1) is 5.69 Å². The molecule has 2 nitrogen and oxygen atoms in total. The first-order valence-electron chi connectivity index (χ1n) is 3.89. The highest BCUT2D eigenvalue weighted by atomic mass is 14.7. The average molecular weight is 160 g/mol. The molecule has 12 heavy (non-hydrogen) atoms. The molecule has 0 saturated heterocycles. The fourth-order valence-corrected chi connectivity index (χ4v) is 1.04. The largest absolute Gasteiger partial charge is 0.305 e. The maximum atomic E-state index is 7.48. The standard InChI is InChI=1S/C10H12N2/c1-3-12-10-7-5-4-6-9(10)8(2)11/h3-7,11H,1-2H3/b11-8?,12-3-. The smallest absolute Gasteiger partial charge is 0.0715 e. The van der Waals surface area contributed by atoms with Gasteiger partial charge in [-0.05, 0) is 19.9 Å². The maximum Gasteiger partial charge on any atom is 0.0715 e. The van der Waals surface area contributed by atoms with E-state index in [4.69, 9.17) is 5.41 Å². The Morgan fingerprint density at radius 2 is 2.08 bits per heavy atom. The number of aliphatic imine (C=N–C) groups is 1. The summed E-state index contributed by atoms with van der Waals surface area (Å²) < 4.78 is 0. The van der Waals surface area contributed by atoms with Crippen LogP contribution in [-0.2, 0) is 0 Å².